The number of anilines is 1. The molecular weight excluding hydrogens is 198 g/mol. The van der Waals surface area contributed by atoms with Crippen LogP contribution >= 0.6 is 0 Å². The van der Waals surface area contributed by atoms with E-state index in [4.69, 9.17) is 0 Å². The molecule has 1 fully saturated rings. The number of carbonyl (C=O) groups is 1. The summed E-state index contributed by atoms with van der Waals surface area (Å²) in [4.78, 5) is 12.7. The molecule has 0 saturated carbocycles. The number of hydrogen-bond donors (Lipinski definition) is 0. The maximum absolute atomic E-state index is 10.3. The molecule has 2 heteroatoms. The zero-order valence-electron chi connectivity index (χ0n) is 9.69. The average molecular weight is 217 g/mol. The van der Waals surface area contributed by atoms with Crippen LogP contribution in [-0.4, -0.2) is 19.4 Å². The summed E-state index contributed by atoms with van der Waals surface area (Å²) in [7, 11) is 0. The van der Waals surface area contributed by atoms with Crippen LogP contribution in [0.2, 0.25) is 0 Å². The average Bonchev–Trinajstić information content (AvgIpc) is 2.38. The predicted molar refractivity (Wildman–Crippen MR) is 66.9 cm³/mol. The minimum atomic E-state index is 0.628. The number of hydrogen-bond acceptors (Lipinski definition) is 2. The Morgan fingerprint density at radius 3 is 2.38 bits per heavy atom. The summed E-state index contributed by atoms with van der Waals surface area (Å²) in [5, 5.41) is 0. The highest BCUT2D eigenvalue weighted by atomic mass is 16.1. The summed E-state index contributed by atoms with van der Waals surface area (Å²) in [5.74, 6) is 0. The molecule has 0 atom stereocenters. The molecule has 1 aromatic carbocycles. The number of nitrogens with zero attached hydrogens (tertiary/aromatic N) is 1. The van der Waals surface area contributed by atoms with Gasteiger partial charge in [0, 0.05) is 25.2 Å². The number of carbonyl (C=O) groups excluding carboxylic acids is 1. The van der Waals surface area contributed by atoms with Crippen LogP contribution in [0.3, 0.4) is 0 Å². The third-order valence-corrected chi connectivity index (χ3v) is 3.21. The molecule has 1 aliphatic heterocycles. The summed E-state index contributed by atoms with van der Waals surface area (Å²) < 4.78 is 0. The van der Waals surface area contributed by atoms with Gasteiger partial charge in [-0.05, 0) is 43.4 Å². The third kappa shape index (κ3) is 2.84. The standard InChI is InChI=1S/C14H19NO/c16-12-4-5-13-6-8-14(9-7-13)15-10-2-1-3-11-15/h6-9,12H,1-5,10-11H2. The quantitative estimate of drug-likeness (QED) is 0.723. The van der Waals surface area contributed by atoms with E-state index >= 15 is 0 Å². The molecule has 86 valence electrons. The molecule has 0 unspecified atom stereocenters. The first kappa shape index (κ1) is 11.2. The Morgan fingerprint density at radius 1 is 1.06 bits per heavy atom. The summed E-state index contributed by atoms with van der Waals surface area (Å²) in [6, 6.07) is 8.66. The fraction of sp³-hybridized carbons (Fsp3) is 0.500. The molecule has 1 aromatic rings. The molecule has 1 heterocycles. The Balaban J connectivity index is 1.97. The lowest BCUT2D eigenvalue weighted by atomic mass is 10.1. The van der Waals surface area contributed by atoms with Gasteiger partial charge in [-0.2, -0.15) is 0 Å². The van der Waals surface area contributed by atoms with Crippen molar-refractivity contribution in [1.29, 1.82) is 0 Å². The van der Waals surface area contributed by atoms with Crippen LogP contribution in [0.15, 0.2) is 24.3 Å². The van der Waals surface area contributed by atoms with E-state index in [0.29, 0.717) is 6.42 Å². The van der Waals surface area contributed by atoms with E-state index in [2.05, 4.69) is 29.2 Å². The van der Waals surface area contributed by atoms with Gasteiger partial charge in [-0.1, -0.05) is 12.1 Å². The van der Waals surface area contributed by atoms with Gasteiger partial charge in [0.15, 0.2) is 0 Å². The number of benzene rings is 1. The van der Waals surface area contributed by atoms with Gasteiger partial charge >= 0.3 is 0 Å². The fourth-order valence-corrected chi connectivity index (χ4v) is 2.25. The van der Waals surface area contributed by atoms with Crippen molar-refractivity contribution < 1.29 is 4.79 Å². The van der Waals surface area contributed by atoms with Gasteiger partial charge in [-0.15, -0.1) is 0 Å². The first-order valence-corrected chi connectivity index (χ1v) is 6.17. The van der Waals surface area contributed by atoms with E-state index in [9.17, 15) is 4.79 Å². The van der Waals surface area contributed by atoms with Gasteiger partial charge < -0.3 is 9.69 Å². The van der Waals surface area contributed by atoms with E-state index in [0.717, 1.165) is 12.7 Å². The van der Waals surface area contributed by atoms with Crippen molar-refractivity contribution in [2.75, 3.05) is 18.0 Å². The lowest BCUT2D eigenvalue weighted by molar-refractivity contribution is -0.107. The van der Waals surface area contributed by atoms with Gasteiger partial charge in [0.2, 0.25) is 0 Å². The highest BCUT2D eigenvalue weighted by Gasteiger charge is 2.10. The molecule has 0 aromatic heterocycles. The minimum absolute atomic E-state index is 0.628. The van der Waals surface area contributed by atoms with Crippen LogP contribution in [0.4, 0.5) is 5.69 Å². The molecular formula is C14H19NO. The first-order chi connectivity index (χ1) is 7.90. The molecule has 1 saturated heterocycles. The second-order valence-corrected chi connectivity index (χ2v) is 4.42. The number of piperidine rings is 1. The minimum Gasteiger partial charge on any atom is -0.372 e. The molecule has 0 amide bonds. The van der Waals surface area contributed by atoms with E-state index in [1.165, 1.54) is 43.6 Å². The topological polar surface area (TPSA) is 20.3 Å². The lowest BCUT2D eigenvalue weighted by Crippen LogP contribution is -2.29. The SMILES string of the molecule is O=CCCc1ccc(N2CCCCC2)cc1. The molecule has 16 heavy (non-hydrogen) atoms. The predicted octanol–water partition coefficient (Wildman–Crippen LogP) is 2.81. The second kappa shape index (κ2) is 5.69. The van der Waals surface area contributed by atoms with Gasteiger partial charge in [0.1, 0.15) is 6.29 Å². The molecule has 0 radical (unpaired) electrons. The van der Waals surface area contributed by atoms with Crippen molar-refractivity contribution >= 4 is 12.0 Å². The maximum Gasteiger partial charge on any atom is 0.120 e. The maximum atomic E-state index is 10.3. The van der Waals surface area contributed by atoms with Crippen LogP contribution in [0, 0.1) is 0 Å². The highest BCUT2D eigenvalue weighted by molar-refractivity contribution is 5.51. The molecule has 0 spiro atoms. The van der Waals surface area contributed by atoms with E-state index < -0.39 is 0 Å². The third-order valence-electron chi connectivity index (χ3n) is 3.21. The molecule has 2 rings (SSSR count). The highest BCUT2D eigenvalue weighted by Crippen LogP contribution is 2.20. The van der Waals surface area contributed by atoms with Crippen LogP contribution < -0.4 is 4.90 Å². The largest absolute Gasteiger partial charge is 0.372 e. The summed E-state index contributed by atoms with van der Waals surface area (Å²) >= 11 is 0. The molecule has 0 aliphatic carbocycles. The lowest BCUT2D eigenvalue weighted by Gasteiger charge is -2.28. The Kier molecular flexibility index (Phi) is 3.97. The first-order valence-electron chi connectivity index (χ1n) is 6.17. The van der Waals surface area contributed by atoms with Gasteiger partial charge in [-0.3, -0.25) is 0 Å². The van der Waals surface area contributed by atoms with Crippen molar-refractivity contribution in [1.82, 2.24) is 0 Å². The molecule has 1 aliphatic rings. The van der Waals surface area contributed by atoms with Gasteiger partial charge in [-0.25, -0.2) is 0 Å². The van der Waals surface area contributed by atoms with E-state index in [1.807, 2.05) is 0 Å². The summed E-state index contributed by atoms with van der Waals surface area (Å²) in [6.45, 7) is 2.38. The zero-order valence-corrected chi connectivity index (χ0v) is 9.69. The zero-order chi connectivity index (χ0) is 11.2. The van der Waals surface area contributed by atoms with Gasteiger partial charge in [0.25, 0.3) is 0 Å². The number of rotatable bonds is 4. The van der Waals surface area contributed by atoms with E-state index in [1.54, 1.807) is 0 Å². The molecule has 2 nitrogen and oxygen atoms in total. The van der Waals surface area contributed by atoms with E-state index in [-0.39, 0.29) is 0 Å². The monoisotopic (exact) mass is 217 g/mol. The van der Waals surface area contributed by atoms with Crippen molar-refractivity contribution in [3.8, 4) is 0 Å². The summed E-state index contributed by atoms with van der Waals surface area (Å²) in [5.41, 5.74) is 2.59. The Labute approximate surface area is 97.3 Å². The van der Waals surface area contributed by atoms with Crippen LogP contribution in [0.25, 0.3) is 0 Å². The van der Waals surface area contributed by atoms with Crippen molar-refractivity contribution in [3.63, 3.8) is 0 Å². The molecule has 0 N–H and O–H groups in total. The van der Waals surface area contributed by atoms with Gasteiger partial charge in [0.05, 0.1) is 0 Å². The van der Waals surface area contributed by atoms with Crippen LogP contribution in [0.1, 0.15) is 31.2 Å². The van der Waals surface area contributed by atoms with Crippen molar-refractivity contribution in [3.05, 3.63) is 29.8 Å². The van der Waals surface area contributed by atoms with Crippen LogP contribution in [-0.2, 0) is 11.2 Å². The summed E-state index contributed by atoms with van der Waals surface area (Å²) in [6.07, 6.45) is 6.47. The fourth-order valence-electron chi connectivity index (χ4n) is 2.25. The number of aldehydes is 1. The van der Waals surface area contributed by atoms with Crippen molar-refractivity contribution in [2.24, 2.45) is 0 Å². The Morgan fingerprint density at radius 2 is 1.75 bits per heavy atom. The molecule has 0 bridgehead atoms. The number of aryl methyl sites for hydroxylation is 1. The normalized spacial score (nSPS) is 16.1. The Bertz CT molecular complexity index is 325. The van der Waals surface area contributed by atoms with Crippen LogP contribution in [0.5, 0.6) is 0 Å². The van der Waals surface area contributed by atoms with Crippen molar-refractivity contribution in [2.45, 2.75) is 32.1 Å². The second-order valence-electron chi connectivity index (χ2n) is 4.42. The smallest absolute Gasteiger partial charge is 0.120 e. The Hall–Kier alpha value is -1.31.